The third kappa shape index (κ3) is 4.46. The Kier molecular flexibility index (Phi) is 5.32. The number of pyridine rings is 2. The van der Waals surface area contributed by atoms with Gasteiger partial charge in [0.05, 0.1) is 28.4 Å². The van der Waals surface area contributed by atoms with Gasteiger partial charge in [-0.25, -0.2) is 19.3 Å². The van der Waals surface area contributed by atoms with Crippen LogP contribution in [0.15, 0.2) is 73.2 Å². The van der Waals surface area contributed by atoms with Crippen molar-refractivity contribution in [2.75, 3.05) is 5.32 Å². The smallest absolute Gasteiger partial charge is 0.365 e. The Labute approximate surface area is 206 Å². The van der Waals surface area contributed by atoms with E-state index in [1.165, 1.54) is 18.2 Å². The van der Waals surface area contributed by atoms with E-state index in [4.69, 9.17) is 0 Å². The Morgan fingerprint density at radius 3 is 2.51 bits per heavy atom. The molecule has 7 nitrogen and oxygen atoms in total. The highest BCUT2D eigenvalue weighted by atomic mass is 19.4. The number of halogens is 4. The number of hydrogen-bond acceptors (Lipinski definition) is 5. The van der Waals surface area contributed by atoms with Crippen LogP contribution in [0.5, 0.6) is 0 Å². The van der Waals surface area contributed by atoms with Crippen LogP contribution in [0.25, 0.3) is 44.6 Å². The molecule has 0 bridgehead atoms. The van der Waals surface area contributed by atoms with Crippen molar-refractivity contribution in [3.8, 4) is 22.5 Å². The number of nitrogens with one attached hydrogen (secondary N) is 3. The number of nitrogens with zero attached hydrogens (tertiary/aromatic N) is 4. The summed E-state index contributed by atoms with van der Waals surface area (Å²) in [6.07, 6.45) is -0.346. The van der Waals surface area contributed by atoms with Crippen molar-refractivity contribution >= 4 is 27.9 Å². The number of alkyl halides is 3. The topological polar surface area (TPSA) is 95.2 Å². The normalized spacial score (nSPS) is 11.9. The molecule has 0 aliphatic rings. The number of hydrogen-bond donors (Lipinski definition) is 3. The summed E-state index contributed by atoms with van der Waals surface area (Å²) in [5, 5.41) is 10.8. The Morgan fingerprint density at radius 2 is 1.70 bits per heavy atom. The van der Waals surface area contributed by atoms with Gasteiger partial charge in [0.1, 0.15) is 17.5 Å². The Bertz CT molecular complexity index is 1740. The number of benzene rings is 2. The standard InChI is InChI=1S/C26H17F4N7/c27-19-5-6-21-22(9-19)36-25(35-21)20-8-18(26(28,29)30)13-33-24(20)31-10-14-1-3-15(4-2-14)16-7-17-12-34-37-23(17)32-11-16/h1-9,11-13H,10H2,(H,31,33)(H,35,36)(H,32,34,37). The fourth-order valence-corrected chi connectivity index (χ4v) is 4.05. The van der Waals surface area contributed by atoms with E-state index in [0.29, 0.717) is 23.2 Å². The molecule has 0 aliphatic heterocycles. The summed E-state index contributed by atoms with van der Waals surface area (Å²) in [6.45, 7) is 0.305. The van der Waals surface area contributed by atoms with Crippen molar-refractivity contribution in [2.24, 2.45) is 0 Å². The zero-order chi connectivity index (χ0) is 25.6. The molecule has 6 rings (SSSR count). The molecule has 184 valence electrons. The lowest BCUT2D eigenvalue weighted by Gasteiger charge is -2.13. The second kappa shape index (κ2) is 8.70. The van der Waals surface area contributed by atoms with E-state index in [9.17, 15) is 17.6 Å². The number of rotatable bonds is 5. The second-order valence-corrected chi connectivity index (χ2v) is 8.45. The van der Waals surface area contributed by atoms with Crippen LogP contribution < -0.4 is 5.32 Å². The molecule has 0 spiro atoms. The summed E-state index contributed by atoms with van der Waals surface area (Å²) < 4.78 is 53.9. The lowest BCUT2D eigenvalue weighted by Crippen LogP contribution is -2.09. The monoisotopic (exact) mass is 503 g/mol. The van der Waals surface area contributed by atoms with Crippen LogP contribution >= 0.6 is 0 Å². The number of H-pyrrole nitrogens is 2. The summed E-state index contributed by atoms with van der Waals surface area (Å²) in [4.78, 5) is 15.6. The number of aromatic nitrogens is 6. The van der Waals surface area contributed by atoms with Crippen molar-refractivity contribution in [1.82, 2.24) is 30.1 Å². The van der Waals surface area contributed by atoms with Gasteiger partial charge in [0, 0.05) is 29.9 Å². The van der Waals surface area contributed by atoms with E-state index in [1.807, 2.05) is 30.3 Å². The predicted molar refractivity (Wildman–Crippen MR) is 131 cm³/mol. The maximum Gasteiger partial charge on any atom is 0.417 e. The minimum absolute atomic E-state index is 0.127. The molecular formula is C26H17F4N7. The summed E-state index contributed by atoms with van der Waals surface area (Å²) in [5.41, 5.74) is 3.51. The SMILES string of the molecule is Fc1ccc2nc(-c3cc(C(F)(F)F)cnc3NCc3ccc(-c4cnc5[nH]ncc5c4)cc3)[nH]c2c1. The van der Waals surface area contributed by atoms with Gasteiger partial charge in [0.15, 0.2) is 5.65 Å². The van der Waals surface area contributed by atoms with Crippen LogP contribution in [0.3, 0.4) is 0 Å². The minimum Gasteiger partial charge on any atom is -0.365 e. The van der Waals surface area contributed by atoms with Crippen molar-refractivity contribution in [3.63, 3.8) is 0 Å². The van der Waals surface area contributed by atoms with E-state index in [0.717, 1.165) is 34.3 Å². The van der Waals surface area contributed by atoms with Crippen molar-refractivity contribution in [1.29, 1.82) is 0 Å². The van der Waals surface area contributed by atoms with Gasteiger partial charge in [-0.15, -0.1) is 0 Å². The van der Waals surface area contributed by atoms with Crippen LogP contribution in [0.4, 0.5) is 23.4 Å². The number of anilines is 1. The van der Waals surface area contributed by atoms with Gasteiger partial charge < -0.3 is 10.3 Å². The first-order chi connectivity index (χ1) is 17.8. The van der Waals surface area contributed by atoms with Gasteiger partial charge in [0.2, 0.25) is 0 Å². The van der Waals surface area contributed by atoms with Gasteiger partial charge in [-0.2, -0.15) is 18.3 Å². The molecule has 0 saturated heterocycles. The molecule has 0 unspecified atom stereocenters. The Morgan fingerprint density at radius 1 is 0.865 bits per heavy atom. The zero-order valence-corrected chi connectivity index (χ0v) is 18.9. The third-order valence-electron chi connectivity index (χ3n) is 5.95. The van der Waals surface area contributed by atoms with E-state index in [2.05, 4.69) is 35.5 Å². The lowest BCUT2D eigenvalue weighted by molar-refractivity contribution is -0.137. The molecule has 3 N–H and O–H groups in total. The molecule has 4 heterocycles. The number of aromatic amines is 2. The predicted octanol–water partition coefficient (Wildman–Crippen LogP) is 6.33. The molecule has 0 aliphatic carbocycles. The first kappa shape index (κ1) is 22.7. The maximum atomic E-state index is 13.6. The van der Waals surface area contributed by atoms with Crippen LogP contribution in [0.1, 0.15) is 11.1 Å². The maximum absolute atomic E-state index is 13.6. The molecule has 0 amide bonds. The van der Waals surface area contributed by atoms with Gasteiger partial charge in [-0.1, -0.05) is 24.3 Å². The largest absolute Gasteiger partial charge is 0.417 e. The van der Waals surface area contributed by atoms with Crippen LogP contribution in [0.2, 0.25) is 0 Å². The highest BCUT2D eigenvalue weighted by molar-refractivity contribution is 5.82. The molecule has 0 radical (unpaired) electrons. The molecule has 0 fully saturated rings. The van der Waals surface area contributed by atoms with Crippen LogP contribution in [-0.2, 0) is 12.7 Å². The highest BCUT2D eigenvalue weighted by Gasteiger charge is 2.32. The molecule has 11 heteroatoms. The summed E-state index contributed by atoms with van der Waals surface area (Å²) >= 11 is 0. The van der Waals surface area contributed by atoms with E-state index < -0.39 is 17.6 Å². The van der Waals surface area contributed by atoms with Crippen molar-refractivity contribution in [2.45, 2.75) is 12.7 Å². The molecule has 0 saturated carbocycles. The zero-order valence-electron chi connectivity index (χ0n) is 18.9. The average Bonchev–Trinajstić information content (AvgIpc) is 3.53. The lowest BCUT2D eigenvalue weighted by atomic mass is 10.0. The van der Waals surface area contributed by atoms with Gasteiger partial charge in [0.25, 0.3) is 0 Å². The molecule has 37 heavy (non-hydrogen) atoms. The van der Waals surface area contributed by atoms with Crippen LogP contribution in [0, 0.1) is 5.82 Å². The number of fused-ring (bicyclic) bond motifs is 2. The molecule has 2 aromatic carbocycles. The van der Waals surface area contributed by atoms with Gasteiger partial charge in [-0.05, 0) is 41.5 Å². The summed E-state index contributed by atoms with van der Waals surface area (Å²) in [5.74, 6) is -0.113. The van der Waals surface area contributed by atoms with Crippen LogP contribution in [-0.4, -0.2) is 30.1 Å². The highest BCUT2D eigenvalue weighted by Crippen LogP contribution is 2.35. The average molecular weight is 503 g/mol. The van der Waals surface area contributed by atoms with Gasteiger partial charge in [-0.3, -0.25) is 5.10 Å². The first-order valence-corrected chi connectivity index (χ1v) is 11.2. The van der Waals surface area contributed by atoms with E-state index in [-0.39, 0.29) is 17.2 Å². The third-order valence-corrected chi connectivity index (χ3v) is 5.95. The Balaban J connectivity index is 1.28. The van der Waals surface area contributed by atoms with Gasteiger partial charge >= 0.3 is 6.18 Å². The van der Waals surface area contributed by atoms with Crippen molar-refractivity contribution < 1.29 is 17.6 Å². The second-order valence-electron chi connectivity index (χ2n) is 8.45. The first-order valence-electron chi connectivity index (χ1n) is 11.2. The van der Waals surface area contributed by atoms with E-state index >= 15 is 0 Å². The fourth-order valence-electron chi connectivity index (χ4n) is 4.05. The minimum atomic E-state index is -4.58. The van der Waals surface area contributed by atoms with E-state index in [1.54, 1.807) is 12.4 Å². The Hall–Kier alpha value is -4.80. The molecule has 4 aromatic heterocycles. The number of imidazole rings is 1. The summed E-state index contributed by atoms with van der Waals surface area (Å²) in [6, 6.07) is 14.6. The quantitative estimate of drug-likeness (QED) is 0.239. The van der Waals surface area contributed by atoms with Crippen molar-refractivity contribution in [3.05, 3.63) is 90.1 Å². The fraction of sp³-hybridized carbons (Fsp3) is 0.0769. The molecule has 0 atom stereocenters. The molecule has 6 aromatic rings. The summed E-state index contributed by atoms with van der Waals surface area (Å²) in [7, 11) is 0. The molecular weight excluding hydrogens is 486 g/mol.